The summed E-state index contributed by atoms with van der Waals surface area (Å²) in [6.45, 7) is 4.85. The molecule has 1 aliphatic rings. The van der Waals surface area contributed by atoms with Gasteiger partial charge in [0, 0.05) is 0 Å². The molecule has 2 aromatic rings. The molecule has 0 aromatic heterocycles. The molecule has 1 saturated heterocycles. The van der Waals surface area contributed by atoms with Crippen LogP contribution in [-0.2, 0) is 4.79 Å². The van der Waals surface area contributed by atoms with Crippen molar-refractivity contribution in [2.75, 3.05) is 11.5 Å². The van der Waals surface area contributed by atoms with Gasteiger partial charge in [0.15, 0.2) is 4.32 Å². The van der Waals surface area contributed by atoms with Crippen molar-refractivity contribution in [1.29, 1.82) is 0 Å². The number of benzene rings is 2. The maximum absolute atomic E-state index is 12.8. The Labute approximate surface area is 164 Å². The average Bonchev–Trinajstić information content (AvgIpc) is 2.91. The Kier molecular flexibility index (Phi) is 6.12. The number of nitrogens with zero attached hydrogens (tertiary/aromatic N) is 1. The van der Waals surface area contributed by atoms with Crippen LogP contribution in [0.2, 0.25) is 0 Å². The average molecular weight is 384 g/mol. The normalized spacial score (nSPS) is 15.8. The molecule has 1 fully saturated rings. The monoisotopic (exact) mass is 383 g/mol. The summed E-state index contributed by atoms with van der Waals surface area (Å²) in [4.78, 5) is 15.1. The highest BCUT2D eigenvalue weighted by atomic mass is 32.2. The molecule has 1 aliphatic heterocycles. The maximum Gasteiger partial charge on any atom is 0.270 e. The lowest BCUT2D eigenvalue weighted by atomic mass is 10.1. The van der Waals surface area contributed by atoms with Gasteiger partial charge in [-0.25, -0.2) is 0 Å². The fourth-order valence-corrected chi connectivity index (χ4v) is 3.92. The minimum Gasteiger partial charge on any atom is -0.494 e. The van der Waals surface area contributed by atoms with Gasteiger partial charge in [-0.2, -0.15) is 0 Å². The van der Waals surface area contributed by atoms with Gasteiger partial charge < -0.3 is 4.74 Å². The van der Waals surface area contributed by atoms with Crippen molar-refractivity contribution in [3.63, 3.8) is 0 Å². The van der Waals surface area contributed by atoms with Crippen LogP contribution in [0, 0.1) is 6.92 Å². The molecule has 0 saturated carbocycles. The molecule has 0 aliphatic carbocycles. The number of hydrogen-bond acceptors (Lipinski definition) is 4. The maximum atomic E-state index is 12.8. The topological polar surface area (TPSA) is 29.5 Å². The van der Waals surface area contributed by atoms with E-state index in [4.69, 9.17) is 17.0 Å². The van der Waals surface area contributed by atoms with Crippen LogP contribution in [0.3, 0.4) is 0 Å². The summed E-state index contributed by atoms with van der Waals surface area (Å²) in [6, 6.07) is 15.6. The van der Waals surface area contributed by atoms with Crippen LogP contribution in [0.15, 0.2) is 53.4 Å². The molecule has 0 spiro atoms. The first-order chi connectivity index (χ1) is 12.6. The molecule has 0 unspecified atom stereocenters. The number of carbonyl (C=O) groups is 1. The molecule has 1 amide bonds. The minimum atomic E-state index is -0.0717. The van der Waals surface area contributed by atoms with Gasteiger partial charge >= 0.3 is 0 Å². The second-order valence-corrected chi connectivity index (χ2v) is 7.75. The lowest BCUT2D eigenvalue weighted by Gasteiger charge is -2.16. The fraction of sp³-hybridized carbons (Fsp3) is 0.238. The van der Waals surface area contributed by atoms with Crippen LogP contribution in [0.1, 0.15) is 30.9 Å². The second kappa shape index (κ2) is 8.52. The van der Waals surface area contributed by atoms with Crippen LogP contribution in [0.4, 0.5) is 5.69 Å². The standard InChI is InChI=1S/C21H21NO2S2/c1-3-4-13-24-17-11-9-16(10-12-17)14-19-20(23)22(21(25)26-19)18-8-6-5-7-15(18)2/h5-12,14H,3-4,13H2,1-2H3/b19-14-. The van der Waals surface area contributed by atoms with E-state index >= 15 is 0 Å². The lowest BCUT2D eigenvalue weighted by molar-refractivity contribution is -0.113. The van der Waals surface area contributed by atoms with Crippen molar-refractivity contribution < 1.29 is 9.53 Å². The van der Waals surface area contributed by atoms with Crippen molar-refractivity contribution in [2.24, 2.45) is 0 Å². The number of hydrogen-bond donors (Lipinski definition) is 0. The van der Waals surface area contributed by atoms with Crippen molar-refractivity contribution in [3.8, 4) is 5.75 Å². The number of rotatable bonds is 6. The van der Waals surface area contributed by atoms with Crippen LogP contribution in [0.25, 0.3) is 6.08 Å². The lowest BCUT2D eigenvalue weighted by Crippen LogP contribution is -2.28. The minimum absolute atomic E-state index is 0.0717. The number of aryl methyl sites for hydroxylation is 1. The Balaban J connectivity index is 1.77. The van der Waals surface area contributed by atoms with Gasteiger partial charge in [0.2, 0.25) is 0 Å². The van der Waals surface area contributed by atoms with Crippen molar-refractivity contribution in [1.82, 2.24) is 0 Å². The van der Waals surface area contributed by atoms with Crippen LogP contribution >= 0.6 is 24.0 Å². The zero-order valence-corrected chi connectivity index (χ0v) is 16.5. The summed E-state index contributed by atoms with van der Waals surface area (Å²) >= 11 is 6.78. The number of thioether (sulfide) groups is 1. The SMILES string of the molecule is CCCCOc1ccc(/C=C2\SC(=S)N(c3ccccc3C)C2=O)cc1. The van der Waals surface area contributed by atoms with Gasteiger partial charge in [-0.05, 0) is 48.7 Å². The molecule has 2 aromatic carbocycles. The van der Waals surface area contributed by atoms with E-state index < -0.39 is 0 Å². The van der Waals surface area contributed by atoms with Gasteiger partial charge in [0.25, 0.3) is 5.91 Å². The molecular formula is C21H21NO2S2. The number of amides is 1. The first-order valence-corrected chi connectivity index (χ1v) is 9.89. The second-order valence-electron chi connectivity index (χ2n) is 6.07. The fourth-order valence-electron chi connectivity index (χ4n) is 2.64. The molecule has 26 heavy (non-hydrogen) atoms. The van der Waals surface area contributed by atoms with Gasteiger partial charge in [-0.15, -0.1) is 0 Å². The van der Waals surface area contributed by atoms with Crippen molar-refractivity contribution >= 4 is 46.0 Å². The molecule has 0 N–H and O–H groups in total. The van der Waals surface area contributed by atoms with Gasteiger partial charge in [0.05, 0.1) is 17.2 Å². The summed E-state index contributed by atoms with van der Waals surface area (Å²) < 4.78 is 6.24. The molecule has 0 radical (unpaired) electrons. The molecule has 0 bridgehead atoms. The molecule has 3 nitrogen and oxygen atoms in total. The number of anilines is 1. The van der Waals surface area contributed by atoms with Gasteiger partial charge in [-0.1, -0.05) is 67.7 Å². The molecular weight excluding hydrogens is 362 g/mol. The van der Waals surface area contributed by atoms with E-state index in [0.29, 0.717) is 9.23 Å². The Morgan fingerprint density at radius 1 is 1.15 bits per heavy atom. The molecule has 3 rings (SSSR count). The number of para-hydroxylation sites is 1. The van der Waals surface area contributed by atoms with Gasteiger partial charge in [-0.3, -0.25) is 9.69 Å². The van der Waals surface area contributed by atoms with E-state index in [0.717, 1.165) is 42.0 Å². The van der Waals surface area contributed by atoms with E-state index in [2.05, 4.69) is 6.92 Å². The smallest absolute Gasteiger partial charge is 0.270 e. The van der Waals surface area contributed by atoms with Gasteiger partial charge in [0.1, 0.15) is 5.75 Å². The van der Waals surface area contributed by atoms with E-state index in [9.17, 15) is 4.79 Å². The summed E-state index contributed by atoms with van der Waals surface area (Å²) in [5, 5.41) is 0. The highest BCUT2D eigenvalue weighted by Crippen LogP contribution is 2.37. The highest BCUT2D eigenvalue weighted by molar-refractivity contribution is 8.27. The van der Waals surface area contributed by atoms with E-state index in [1.54, 1.807) is 4.90 Å². The third kappa shape index (κ3) is 4.17. The summed E-state index contributed by atoms with van der Waals surface area (Å²) in [6.07, 6.45) is 4.04. The highest BCUT2D eigenvalue weighted by Gasteiger charge is 2.33. The van der Waals surface area contributed by atoms with E-state index in [-0.39, 0.29) is 5.91 Å². The largest absolute Gasteiger partial charge is 0.494 e. The summed E-state index contributed by atoms with van der Waals surface area (Å²) in [7, 11) is 0. The number of unbranched alkanes of at least 4 members (excludes halogenated alkanes) is 1. The Bertz CT molecular complexity index is 843. The first-order valence-electron chi connectivity index (χ1n) is 8.66. The molecule has 0 atom stereocenters. The zero-order chi connectivity index (χ0) is 18.5. The third-order valence-corrected chi connectivity index (χ3v) is 5.40. The predicted molar refractivity (Wildman–Crippen MR) is 114 cm³/mol. The number of carbonyl (C=O) groups excluding carboxylic acids is 1. The van der Waals surface area contributed by atoms with E-state index in [1.807, 2.05) is 61.5 Å². The predicted octanol–water partition coefficient (Wildman–Crippen LogP) is 5.58. The van der Waals surface area contributed by atoms with Crippen LogP contribution in [0.5, 0.6) is 5.75 Å². The molecule has 1 heterocycles. The Hall–Kier alpha value is -2.11. The Morgan fingerprint density at radius 3 is 2.58 bits per heavy atom. The quantitative estimate of drug-likeness (QED) is 0.370. The zero-order valence-electron chi connectivity index (χ0n) is 14.9. The first kappa shape index (κ1) is 18.7. The van der Waals surface area contributed by atoms with Crippen molar-refractivity contribution in [3.05, 3.63) is 64.6 Å². The number of ether oxygens (including phenoxy) is 1. The molecule has 134 valence electrons. The number of thiocarbonyl (C=S) groups is 1. The summed E-state index contributed by atoms with van der Waals surface area (Å²) in [5.74, 6) is 0.778. The third-order valence-electron chi connectivity index (χ3n) is 4.09. The molecule has 5 heteroatoms. The van der Waals surface area contributed by atoms with Crippen LogP contribution in [-0.4, -0.2) is 16.8 Å². The van der Waals surface area contributed by atoms with E-state index in [1.165, 1.54) is 11.8 Å². The van der Waals surface area contributed by atoms with Crippen molar-refractivity contribution in [2.45, 2.75) is 26.7 Å². The summed E-state index contributed by atoms with van der Waals surface area (Å²) in [5.41, 5.74) is 2.83. The van der Waals surface area contributed by atoms with Crippen LogP contribution < -0.4 is 9.64 Å². The Morgan fingerprint density at radius 2 is 1.88 bits per heavy atom.